The zero-order chi connectivity index (χ0) is 15.1. The molecular weight excluding hydrogens is 340 g/mol. The summed E-state index contributed by atoms with van der Waals surface area (Å²) in [7, 11) is 0. The van der Waals surface area contributed by atoms with Gasteiger partial charge in [-0.3, -0.25) is 4.99 Å². The molecule has 2 unspecified atom stereocenters. The highest BCUT2D eigenvalue weighted by Crippen LogP contribution is 2.44. The van der Waals surface area contributed by atoms with E-state index in [1.54, 1.807) is 0 Å². The molecule has 0 aromatic heterocycles. The van der Waals surface area contributed by atoms with Gasteiger partial charge in [0.1, 0.15) is 5.82 Å². The summed E-state index contributed by atoms with van der Waals surface area (Å²) in [6.45, 7) is 1.47. The van der Waals surface area contributed by atoms with Gasteiger partial charge in [-0.05, 0) is 31.5 Å². The molecule has 110 valence electrons. The van der Waals surface area contributed by atoms with E-state index in [2.05, 4.69) is 20.9 Å². The summed E-state index contributed by atoms with van der Waals surface area (Å²) in [5.74, 6) is -2.29. The van der Waals surface area contributed by atoms with Gasteiger partial charge in [-0.25, -0.2) is 4.39 Å². The van der Waals surface area contributed by atoms with Crippen LogP contribution in [0.1, 0.15) is 25.3 Å². The lowest BCUT2D eigenvalue weighted by molar-refractivity contribution is -0.179. The molecule has 0 fully saturated rings. The number of halogens is 5. The first-order valence-electron chi connectivity index (χ1n) is 5.98. The zero-order valence-corrected chi connectivity index (χ0v) is 12.2. The van der Waals surface area contributed by atoms with Crippen LogP contribution in [0.4, 0.5) is 17.6 Å². The lowest BCUT2D eigenvalue weighted by Gasteiger charge is -2.36. The van der Waals surface area contributed by atoms with Gasteiger partial charge in [0.15, 0.2) is 0 Å². The number of nitrogens with two attached hydrogens (primary N) is 1. The summed E-state index contributed by atoms with van der Waals surface area (Å²) in [6.07, 6.45) is -5.02. The van der Waals surface area contributed by atoms with Crippen LogP contribution in [0.5, 0.6) is 0 Å². The van der Waals surface area contributed by atoms with Gasteiger partial charge in [-0.1, -0.05) is 15.9 Å². The number of benzene rings is 1. The van der Waals surface area contributed by atoms with Crippen LogP contribution in [-0.4, -0.2) is 12.0 Å². The van der Waals surface area contributed by atoms with Crippen LogP contribution in [0.15, 0.2) is 27.7 Å². The molecule has 0 spiro atoms. The molecule has 2 nitrogen and oxygen atoms in total. The molecule has 2 N–H and O–H groups in total. The van der Waals surface area contributed by atoms with Crippen molar-refractivity contribution in [3.05, 3.63) is 34.1 Å². The van der Waals surface area contributed by atoms with Crippen molar-refractivity contribution in [3.63, 3.8) is 0 Å². The predicted molar refractivity (Wildman–Crippen MR) is 71.9 cm³/mol. The Morgan fingerprint density at radius 2 is 2.05 bits per heavy atom. The molecule has 1 aliphatic heterocycles. The zero-order valence-electron chi connectivity index (χ0n) is 10.6. The number of hydrogen-bond acceptors (Lipinski definition) is 2. The summed E-state index contributed by atoms with van der Waals surface area (Å²) < 4.78 is 53.3. The van der Waals surface area contributed by atoms with E-state index in [-0.39, 0.29) is 24.2 Å². The molecule has 2 rings (SSSR count). The van der Waals surface area contributed by atoms with Crippen molar-refractivity contribution in [2.75, 3.05) is 0 Å². The summed E-state index contributed by atoms with van der Waals surface area (Å²) in [6, 6.07) is 4.14. The molecule has 1 aromatic carbocycles. The quantitative estimate of drug-likeness (QED) is 0.758. The molecule has 0 aliphatic carbocycles. The van der Waals surface area contributed by atoms with Crippen LogP contribution >= 0.6 is 15.9 Å². The Balaban J connectivity index is 2.48. The van der Waals surface area contributed by atoms with Crippen LogP contribution < -0.4 is 5.73 Å². The Kier molecular flexibility index (Phi) is 3.83. The van der Waals surface area contributed by atoms with Gasteiger partial charge in [0.2, 0.25) is 0 Å². The number of rotatable bonds is 1. The smallest absolute Gasteiger partial charge is 0.387 e. The van der Waals surface area contributed by atoms with E-state index in [4.69, 9.17) is 5.73 Å². The molecule has 0 radical (unpaired) electrons. The van der Waals surface area contributed by atoms with E-state index in [1.165, 1.54) is 25.1 Å². The number of hydrogen-bond donors (Lipinski definition) is 1. The number of nitrogens with zero attached hydrogens (tertiary/aromatic N) is 1. The lowest BCUT2D eigenvalue weighted by atomic mass is 9.79. The second-order valence-corrected chi connectivity index (χ2v) is 6.06. The van der Waals surface area contributed by atoms with Gasteiger partial charge in [0.05, 0.1) is 17.3 Å². The third-order valence-corrected chi connectivity index (χ3v) is 3.95. The Morgan fingerprint density at radius 3 is 2.65 bits per heavy atom. The number of alkyl halides is 3. The Hall–Kier alpha value is -1.11. The summed E-state index contributed by atoms with van der Waals surface area (Å²) in [5.41, 5.74) is 4.34. The fourth-order valence-corrected chi connectivity index (χ4v) is 2.89. The van der Waals surface area contributed by atoms with Crippen molar-refractivity contribution in [1.29, 1.82) is 0 Å². The maximum Gasteiger partial charge on any atom is 0.392 e. The maximum absolute atomic E-state index is 13.9. The minimum Gasteiger partial charge on any atom is -0.387 e. The maximum atomic E-state index is 13.9. The monoisotopic (exact) mass is 352 g/mol. The highest BCUT2D eigenvalue weighted by atomic mass is 79.9. The molecule has 2 atom stereocenters. The minimum atomic E-state index is -4.37. The molecule has 1 aromatic rings. The summed E-state index contributed by atoms with van der Waals surface area (Å²) in [4.78, 5) is 4.08. The fourth-order valence-electron chi connectivity index (χ4n) is 2.52. The SMILES string of the molecule is CC1(c2cc(Br)ccc2F)CC(C(F)(F)F)CC(N)=N1. The second kappa shape index (κ2) is 5.02. The van der Waals surface area contributed by atoms with Crippen LogP contribution in [-0.2, 0) is 5.54 Å². The average Bonchev–Trinajstić information content (AvgIpc) is 2.30. The van der Waals surface area contributed by atoms with Crippen molar-refractivity contribution >= 4 is 21.8 Å². The molecule has 0 saturated heterocycles. The Bertz CT molecular complexity index is 556. The standard InChI is InChI=1S/C13H13BrF4N2/c1-12(9-5-8(14)2-3-10(9)15)6-7(13(16,17)18)4-11(19)20-12/h2-3,5,7H,4,6H2,1H3,(H2,19,20). The third kappa shape index (κ3) is 2.97. The normalized spacial score (nSPS) is 27.3. The van der Waals surface area contributed by atoms with Gasteiger partial charge in [-0.15, -0.1) is 0 Å². The molecule has 0 saturated carbocycles. The first-order chi connectivity index (χ1) is 9.12. The summed E-state index contributed by atoms with van der Waals surface area (Å²) >= 11 is 3.19. The number of aliphatic imine (C=N–C) groups is 1. The predicted octanol–water partition coefficient (Wildman–Crippen LogP) is 4.13. The fraction of sp³-hybridized carbons (Fsp3) is 0.462. The first-order valence-corrected chi connectivity index (χ1v) is 6.77. The molecule has 20 heavy (non-hydrogen) atoms. The second-order valence-electron chi connectivity index (χ2n) is 5.15. The van der Waals surface area contributed by atoms with E-state index in [9.17, 15) is 17.6 Å². The van der Waals surface area contributed by atoms with Crippen molar-refractivity contribution in [2.45, 2.75) is 31.5 Å². The Labute approximate surface area is 122 Å². The largest absolute Gasteiger partial charge is 0.392 e. The average molecular weight is 353 g/mol. The van der Waals surface area contributed by atoms with E-state index >= 15 is 0 Å². The van der Waals surface area contributed by atoms with Crippen LogP contribution in [0.2, 0.25) is 0 Å². The van der Waals surface area contributed by atoms with Crippen molar-refractivity contribution < 1.29 is 17.6 Å². The third-order valence-electron chi connectivity index (χ3n) is 3.46. The topological polar surface area (TPSA) is 38.4 Å². The van der Waals surface area contributed by atoms with Gasteiger partial charge in [0.25, 0.3) is 0 Å². The van der Waals surface area contributed by atoms with Gasteiger partial charge >= 0.3 is 6.18 Å². The number of amidine groups is 1. The molecule has 1 aliphatic rings. The van der Waals surface area contributed by atoms with Crippen molar-refractivity contribution in [3.8, 4) is 0 Å². The molecule has 7 heteroatoms. The van der Waals surface area contributed by atoms with E-state index in [1.807, 2.05) is 0 Å². The molecular formula is C13H13BrF4N2. The molecule has 0 amide bonds. The minimum absolute atomic E-state index is 0.0968. The highest BCUT2D eigenvalue weighted by molar-refractivity contribution is 9.10. The lowest BCUT2D eigenvalue weighted by Crippen LogP contribution is -2.40. The van der Waals surface area contributed by atoms with E-state index in [0.717, 1.165) is 0 Å². The van der Waals surface area contributed by atoms with Crippen molar-refractivity contribution in [2.24, 2.45) is 16.6 Å². The highest BCUT2D eigenvalue weighted by Gasteiger charge is 2.47. The van der Waals surface area contributed by atoms with Crippen LogP contribution in [0.25, 0.3) is 0 Å². The Morgan fingerprint density at radius 1 is 1.40 bits per heavy atom. The van der Waals surface area contributed by atoms with Crippen LogP contribution in [0, 0.1) is 11.7 Å². The first kappa shape index (κ1) is 15.3. The van der Waals surface area contributed by atoms with E-state index < -0.39 is 23.5 Å². The van der Waals surface area contributed by atoms with Gasteiger partial charge in [0, 0.05) is 16.5 Å². The molecule has 1 heterocycles. The van der Waals surface area contributed by atoms with Crippen LogP contribution in [0.3, 0.4) is 0 Å². The van der Waals surface area contributed by atoms with Gasteiger partial charge in [-0.2, -0.15) is 13.2 Å². The summed E-state index contributed by atoms with van der Waals surface area (Å²) in [5, 5.41) is 0. The van der Waals surface area contributed by atoms with E-state index in [0.29, 0.717) is 4.47 Å². The van der Waals surface area contributed by atoms with Crippen molar-refractivity contribution in [1.82, 2.24) is 0 Å². The van der Waals surface area contributed by atoms with Gasteiger partial charge < -0.3 is 5.73 Å². The molecule has 0 bridgehead atoms.